The van der Waals surface area contributed by atoms with Crippen LogP contribution >= 0.6 is 0 Å². The van der Waals surface area contributed by atoms with E-state index in [0.717, 1.165) is 5.69 Å². The molecule has 0 aliphatic heterocycles. The van der Waals surface area contributed by atoms with Crippen molar-refractivity contribution in [3.63, 3.8) is 0 Å². The van der Waals surface area contributed by atoms with Crippen LogP contribution in [-0.2, 0) is 0 Å². The fraction of sp³-hybridized carbons (Fsp3) is 0.0769. The van der Waals surface area contributed by atoms with Crippen LogP contribution < -0.4 is 10.5 Å². The van der Waals surface area contributed by atoms with Gasteiger partial charge in [-0.2, -0.15) is 5.26 Å². The molecule has 0 saturated heterocycles. The number of nitrogens with zero attached hydrogens (tertiary/aromatic N) is 2. The van der Waals surface area contributed by atoms with Crippen LogP contribution in [0.3, 0.4) is 0 Å². The third-order valence-corrected chi connectivity index (χ3v) is 2.23. The summed E-state index contributed by atoms with van der Waals surface area (Å²) >= 11 is 0. The van der Waals surface area contributed by atoms with E-state index in [2.05, 4.69) is 4.98 Å². The van der Waals surface area contributed by atoms with Crippen LogP contribution in [-0.4, -0.2) is 4.98 Å². The van der Waals surface area contributed by atoms with Crippen LogP contribution in [0.15, 0.2) is 36.5 Å². The second kappa shape index (κ2) is 4.54. The first-order chi connectivity index (χ1) is 8.19. The molecule has 0 bridgehead atoms. The Kier molecular flexibility index (Phi) is 2.93. The van der Waals surface area contributed by atoms with E-state index in [0.29, 0.717) is 22.7 Å². The van der Waals surface area contributed by atoms with Gasteiger partial charge in [0, 0.05) is 18.0 Å². The number of hydrogen-bond donors (Lipinski definition) is 1. The Morgan fingerprint density at radius 3 is 2.76 bits per heavy atom. The van der Waals surface area contributed by atoms with Gasteiger partial charge in [-0.25, -0.2) is 0 Å². The summed E-state index contributed by atoms with van der Waals surface area (Å²) in [5, 5.41) is 8.72. The molecule has 4 heteroatoms. The molecule has 2 aromatic rings. The average molecular weight is 225 g/mol. The number of rotatable bonds is 2. The smallest absolute Gasteiger partial charge is 0.150 e. The summed E-state index contributed by atoms with van der Waals surface area (Å²) in [5.74, 6) is 1.21. The maximum Gasteiger partial charge on any atom is 0.150 e. The Balaban J connectivity index is 2.28. The zero-order valence-electron chi connectivity index (χ0n) is 9.34. The van der Waals surface area contributed by atoms with Gasteiger partial charge in [0.1, 0.15) is 11.5 Å². The van der Waals surface area contributed by atoms with Crippen molar-refractivity contribution in [1.82, 2.24) is 4.98 Å². The van der Waals surface area contributed by atoms with Gasteiger partial charge < -0.3 is 10.5 Å². The van der Waals surface area contributed by atoms with E-state index in [9.17, 15) is 0 Å². The minimum absolute atomic E-state index is 0.443. The topological polar surface area (TPSA) is 71.9 Å². The minimum atomic E-state index is 0.443. The number of nitrogens with two attached hydrogens (primary N) is 1. The number of aromatic nitrogens is 1. The summed E-state index contributed by atoms with van der Waals surface area (Å²) in [6.45, 7) is 1.88. The molecular formula is C13H11N3O. The molecule has 0 radical (unpaired) electrons. The van der Waals surface area contributed by atoms with E-state index < -0.39 is 0 Å². The number of nitrogen functional groups attached to an aromatic ring is 1. The second-order valence-corrected chi connectivity index (χ2v) is 3.60. The lowest BCUT2D eigenvalue weighted by Gasteiger charge is -2.08. The molecule has 4 nitrogen and oxygen atoms in total. The highest BCUT2D eigenvalue weighted by Crippen LogP contribution is 2.27. The fourth-order valence-corrected chi connectivity index (χ4v) is 1.42. The quantitative estimate of drug-likeness (QED) is 0.797. The highest BCUT2D eigenvalue weighted by Gasteiger charge is 2.03. The molecule has 0 unspecified atom stereocenters. The average Bonchev–Trinajstić information content (AvgIpc) is 2.32. The lowest BCUT2D eigenvalue weighted by Crippen LogP contribution is -1.93. The number of benzene rings is 1. The molecule has 84 valence electrons. The maximum absolute atomic E-state index is 8.72. The zero-order valence-corrected chi connectivity index (χ0v) is 9.34. The number of nitriles is 1. The predicted molar refractivity (Wildman–Crippen MR) is 64.6 cm³/mol. The largest absolute Gasteiger partial charge is 0.455 e. The molecule has 1 heterocycles. The Morgan fingerprint density at radius 2 is 2.12 bits per heavy atom. The minimum Gasteiger partial charge on any atom is -0.455 e. The lowest BCUT2D eigenvalue weighted by molar-refractivity contribution is 0.483. The van der Waals surface area contributed by atoms with Crippen molar-refractivity contribution >= 4 is 5.69 Å². The molecule has 0 saturated carbocycles. The summed E-state index contributed by atoms with van der Waals surface area (Å²) < 4.78 is 5.62. The zero-order chi connectivity index (χ0) is 12.3. The molecule has 0 spiro atoms. The number of pyridine rings is 1. The van der Waals surface area contributed by atoms with Crippen LogP contribution in [0.1, 0.15) is 11.3 Å². The molecule has 0 aliphatic carbocycles. The molecule has 0 fully saturated rings. The van der Waals surface area contributed by atoms with Crippen LogP contribution in [0, 0.1) is 18.3 Å². The van der Waals surface area contributed by atoms with E-state index in [1.54, 1.807) is 30.5 Å². The standard InChI is InChI=1S/C13H11N3O/c1-9-6-11(4-5-16-9)17-13-3-2-10(8-14)7-12(13)15/h2-7H,15H2,1H3. The van der Waals surface area contributed by atoms with Gasteiger partial charge in [-0.15, -0.1) is 0 Å². The first kappa shape index (κ1) is 11.0. The van der Waals surface area contributed by atoms with E-state index in [1.165, 1.54) is 0 Å². The van der Waals surface area contributed by atoms with Crippen molar-refractivity contribution in [2.24, 2.45) is 0 Å². The van der Waals surface area contributed by atoms with Gasteiger partial charge in [0.15, 0.2) is 0 Å². The molecule has 0 aliphatic rings. The third kappa shape index (κ3) is 2.52. The van der Waals surface area contributed by atoms with Gasteiger partial charge in [0.2, 0.25) is 0 Å². The normalized spacial score (nSPS) is 9.65. The van der Waals surface area contributed by atoms with Gasteiger partial charge in [-0.3, -0.25) is 4.98 Å². The summed E-state index contributed by atoms with van der Waals surface area (Å²) in [5.41, 5.74) is 7.62. The van der Waals surface area contributed by atoms with Crippen LogP contribution in [0.5, 0.6) is 11.5 Å². The van der Waals surface area contributed by atoms with E-state index in [1.807, 2.05) is 19.1 Å². The molecule has 0 atom stereocenters. The Labute approximate surface area is 99.3 Å². The van der Waals surface area contributed by atoms with E-state index in [4.69, 9.17) is 15.7 Å². The van der Waals surface area contributed by atoms with Crippen LogP contribution in [0.2, 0.25) is 0 Å². The van der Waals surface area contributed by atoms with Crippen molar-refractivity contribution in [3.05, 3.63) is 47.8 Å². The van der Waals surface area contributed by atoms with Gasteiger partial charge >= 0.3 is 0 Å². The first-order valence-electron chi connectivity index (χ1n) is 5.09. The number of aryl methyl sites for hydroxylation is 1. The van der Waals surface area contributed by atoms with E-state index in [-0.39, 0.29) is 0 Å². The molecule has 2 rings (SSSR count). The lowest BCUT2D eigenvalue weighted by atomic mass is 10.2. The number of anilines is 1. The van der Waals surface area contributed by atoms with Crippen molar-refractivity contribution < 1.29 is 4.74 Å². The van der Waals surface area contributed by atoms with E-state index >= 15 is 0 Å². The van der Waals surface area contributed by atoms with Gasteiger partial charge in [0.05, 0.1) is 17.3 Å². The molecule has 1 aromatic carbocycles. The monoisotopic (exact) mass is 225 g/mol. The Hall–Kier alpha value is -2.54. The molecule has 2 N–H and O–H groups in total. The summed E-state index contributed by atoms with van der Waals surface area (Å²) in [7, 11) is 0. The van der Waals surface area contributed by atoms with Crippen LogP contribution in [0.25, 0.3) is 0 Å². The molecule has 0 amide bonds. The van der Waals surface area contributed by atoms with Crippen LogP contribution in [0.4, 0.5) is 5.69 Å². The predicted octanol–water partition coefficient (Wildman–Crippen LogP) is 2.64. The van der Waals surface area contributed by atoms with Gasteiger partial charge in [0.25, 0.3) is 0 Å². The Bertz CT molecular complexity index is 587. The second-order valence-electron chi connectivity index (χ2n) is 3.60. The first-order valence-corrected chi connectivity index (χ1v) is 5.09. The van der Waals surface area contributed by atoms with Crippen molar-refractivity contribution in [1.29, 1.82) is 5.26 Å². The SMILES string of the molecule is Cc1cc(Oc2ccc(C#N)cc2N)ccn1. The van der Waals surface area contributed by atoms with Crippen molar-refractivity contribution in [2.45, 2.75) is 6.92 Å². The van der Waals surface area contributed by atoms with Crippen molar-refractivity contribution in [2.75, 3.05) is 5.73 Å². The highest BCUT2D eigenvalue weighted by atomic mass is 16.5. The molecule has 1 aromatic heterocycles. The van der Waals surface area contributed by atoms with Gasteiger partial charge in [-0.05, 0) is 31.2 Å². The number of hydrogen-bond acceptors (Lipinski definition) is 4. The Morgan fingerprint density at radius 1 is 1.29 bits per heavy atom. The summed E-state index contributed by atoms with van der Waals surface area (Å²) in [6.07, 6.45) is 1.67. The third-order valence-electron chi connectivity index (χ3n) is 2.23. The fourth-order valence-electron chi connectivity index (χ4n) is 1.42. The molecule has 17 heavy (non-hydrogen) atoms. The van der Waals surface area contributed by atoms with Crippen molar-refractivity contribution in [3.8, 4) is 17.6 Å². The maximum atomic E-state index is 8.72. The highest BCUT2D eigenvalue weighted by molar-refractivity contribution is 5.57. The summed E-state index contributed by atoms with van der Waals surface area (Å²) in [4.78, 5) is 4.08. The summed E-state index contributed by atoms with van der Waals surface area (Å²) in [6, 6.07) is 10.5. The molecular weight excluding hydrogens is 214 g/mol. The van der Waals surface area contributed by atoms with Gasteiger partial charge in [-0.1, -0.05) is 0 Å². The number of ether oxygens (including phenoxy) is 1.